The van der Waals surface area contributed by atoms with Crippen LogP contribution in [0.3, 0.4) is 0 Å². The van der Waals surface area contributed by atoms with Gasteiger partial charge in [-0.3, -0.25) is 4.31 Å². The summed E-state index contributed by atoms with van der Waals surface area (Å²) in [6, 6.07) is 11.5. The number of rotatable bonds is 3. The van der Waals surface area contributed by atoms with E-state index in [1.54, 1.807) is 42.5 Å². The van der Waals surface area contributed by atoms with Crippen LogP contribution in [-0.4, -0.2) is 26.2 Å². The Morgan fingerprint density at radius 2 is 1.92 bits per heavy atom. The lowest BCUT2D eigenvalue weighted by atomic mass is 9.98. The molecule has 0 saturated heterocycles. The van der Waals surface area contributed by atoms with Crippen molar-refractivity contribution in [1.29, 1.82) is 0 Å². The summed E-state index contributed by atoms with van der Waals surface area (Å²) in [6.45, 7) is 2.09. The molecule has 3 rings (SSSR count). The van der Waals surface area contributed by atoms with E-state index >= 15 is 0 Å². The lowest BCUT2D eigenvalue weighted by Crippen LogP contribution is -2.40. The number of hydrogen-bond donors (Lipinski definition) is 2. The number of benzene rings is 2. The van der Waals surface area contributed by atoms with Crippen molar-refractivity contribution in [3.8, 4) is 0 Å². The quantitative estimate of drug-likeness (QED) is 0.786. The standard InChI is InChI=1S/C17H17BrN2O4S/c1-11-2-5-13(6-3-11)25(23,24)20-9-8-15(19-17(21)22)14-7-4-12(18)10-16(14)20/h2-7,10,15,19H,8-9H2,1H3,(H,21,22). The summed E-state index contributed by atoms with van der Waals surface area (Å²) in [5.74, 6) is 0. The molecule has 1 unspecified atom stereocenters. The van der Waals surface area contributed by atoms with Crippen molar-refractivity contribution in [2.75, 3.05) is 10.8 Å². The Labute approximate surface area is 154 Å². The molecule has 2 N–H and O–H groups in total. The second kappa shape index (κ2) is 6.68. The number of carbonyl (C=O) groups is 1. The topological polar surface area (TPSA) is 86.7 Å². The fraction of sp³-hybridized carbons (Fsp3) is 0.235. The molecule has 1 atom stereocenters. The summed E-state index contributed by atoms with van der Waals surface area (Å²) in [5, 5.41) is 11.5. The Morgan fingerprint density at radius 3 is 2.56 bits per heavy atom. The summed E-state index contributed by atoms with van der Waals surface area (Å²) in [4.78, 5) is 11.2. The van der Waals surface area contributed by atoms with Crippen molar-refractivity contribution in [1.82, 2.24) is 5.32 Å². The Morgan fingerprint density at radius 1 is 1.24 bits per heavy atom. The van der Waals surface area contributed by atoms with Crippen molar-refractivity contribution < 1.29 is 18.3 Å². The maximum absolute atomic E-state index is 13.1. The molecule has 25 heavy (non-hydrogen) atoms. The van der Waals surface area contributed by atoms with Gasteiger partial charge in [-0.1, -0.05) is 39.7 Å². The lowest BCUT2D eigenvalue weighted by Gasteiger charge is -2.35. The Balaban J connectivity index is 2.07. The molecular formula is C17H17BrN2O4S. The van der Waals surface area contributed by atoms with Crippen LogP contribution in [-0.2, 0) is 10.0 Å². The zero-order valence-corrected chi connectivity index (χ0v) is 15.8. The minimum atomic E-state index is -3.72. The molecule has 1 heterocycles. The number of nitrogens with one attached hydrogen (secondary N) is 1. The smallest absolute Gasteiger partial charge is 0.405 e. The third-order valence-electron chi connectivity index (χ3n) is 4.16. The molecular weight excluding hydrogens is 408 g/mol. The second-order valence-corrected chi connectivity index (χ2v) is 8.66. The minimum absolute atomic E-state index is 0.199. The number of anilines is 1. The SMILES string of the molecule is Cc1ccc(S(=O)(=O)N2CCC(NC(=O)O)c3ccc(Br)cc32)cc1. The number of halogens is 1. The molecule has 0 aliphatic carbocycles. The van der Waals surface area contributed by atoms with Crippen LogP contribution in [0.4, 0.5) is 10.5 Å². The van der Waals surface area contributed by atoms with Gasteiger partial charge in [-0.15, -0.1) is 0 Å². The van der Waals surface area contributed by atoms with Gasteiger partial charge in [-0.2, -0.15) is 0 Å². The van der Waals surface area contributed by atoms with E-state index in [0.29, 0.717) is 17.7 Å². The molecule has 0 radical (unpaired) electrons. The highest BCUT2D eigenvalue weighted by Crippen LogP contribution is 2.38. The van der Waals surface area contributed by atoms with Crippen molar-refractivity contribution >= 4 is 37.7 Å². The zero-order chi connectivity index (χ0) is 18.2. The van der Waals surface area contributed by atoms with Crippen LogP contribution in [0.25, 0.3) is 0 Å². The van der Waals surface area contributed by atoms with Crippen LogP contribution in [0, 0.1) is 6.92 Å². The molecule has 8 heteroatoms. The van der Waals surface area contributed by atoms with Gasteiger partial charge in [0.25, 0.3) is 10.0 Å². The van der Waals surface area contributed by atoms with Crippen molar-refractivity contribution in [3.05, 3.63) is 58.1 Å². The molecule has 6 nitrogen and oxygen atoms in total. The van der Waals surface area contributed by atoms with Crippen molar-refractivity contribution in [2.24, 2.45) is 0 Å². The summed E-state index contributed by atoms with van der Waals surface area (Å²) < 4.78 is 28.2. The zero-order valence-electron chi connectivity index (χ0n) is 13.4. The van der Waals surface area contributed by atoms with Crippen LogP contribution in [0.15, 0.2) is 51.8 Å². The van der Waals surface area contributed by atoms with Gasteiger partial charge < -0.3 is 10.4 Å². The van der Waals surface area contributed by atoms with E-state index in [0.717, 1.165) is 10.0 Å². The number of fused-ring (bicyclic) bond motifs is 1. The van der Waals surface area contributed by atoms with Gasteiger partial charge in [0.05, 0.1) is 16.6 Å². The fourth-order valence-electron chi connectivity index (χ4n) is 2.94. The summed E-state index contributed by atoms with van der Waals surface area (Å²) in [7, 11) is -3.72. The van der Waals surface area contributed by atoms with E-state index in [1.165, 1.54) is 4.31 Å². The minimum Gasteiger partial charge on any atom is -0.465 e. The first kappa shape index (κ1) is 17.8. The number of nitrogens with zero attached hydrogens (tertiary/aromatic N) is 1. The first-order valence-electron chi connectivity index (χ1n) is 7.67. The van der Waals surface area contributed by atoms with E-state index in [9.17, 15) is 13.2 Å². The normalized spacial score (nSPS) is 17.0. The Kier molecular flexibility index (Phi) is 4.75. The average molecular weight is 425 g/mol. The molecule has 0 saturated carbocycles. The fourth-order valence-corrected chi connectivity index (χ4v) is 4.78. The van der Waals surface area contributed by atoms with E-state index in [-0.39, 0.29) is 11.4 Å². The first-order valence-corrected chi connectivity index (χ1v) is 9.90. The van der Waals surface area contributed by atoms with Crippen molar-refractivity contribution in [2.45, 2.75) is 24.3 Å². The van der Waals surface area contributed by atoms with Gasteiger partial charge in [0.2, 0.25) is 0 Å². The summed E-state index contributed by atoms with van der Waals surface area (Å²) >= 11 is 3.36. The van der Waals surface area contributed by atoms with Crippen molar-refractivity contribution in [3.63, 3.8) is 0 Å². The lowest BCUT2D eigenvalue weighted by molar-refractivity contribution is 0.189. The van der Waals surface area contributed by atoms with Gasteiger partial charge in [-0.05, 0) is 43.2 Å². The predicted molar refractivity (Wildman–Crippen MR) is 98.4 cm³/mol. The third kappa shape index (κ3) is 3.50. The molecule has 0 spiro atoms. The predicted octanol–water partition coefficient (Wildman–Crippen LogP) is 3.67. The molecule has 1 aliphatic heterocycles. The molecule has 0 fully saturated rings. The van der Waals surface area contributed by atoms with Crippen LogP contribution >= 0.6 is 15.9 Å². The highest BCUT2D eigenvalue weighted by atomic mass is 79.9. The second-order valence-electron chi connectivity index (χ2n) is 5.88. The van der Waals surface area contributed by atoms with E-state index < -0.39 is 22.2 Å². The van der Waals surface area contributed by atoms with Gasteiger partial charge in [0, 0.05) is 11.0 Å². The molecule has 1 aliphatic rings. The maximum Gasteiger partial charge on any atom is 0.405 e. The summed E-state index contributed by atoms with van der Waals surface area (Å²) in [5.41, 5.74) is 2.11. The van der Waals surface area contributed by atoms with Crippen LogP contribution < -0.4 is 9.62 Å². The number of hydrogen-bond acceptors (Lipinski definition) is 3. The monoisotopic (exact) mass is 424 g/mol. The van der Waals surface area contributed by atoms with Gasteiger partial charge in [0.15, 0.2) is 0 Å². The van der Waals surface area contributed by atoms with Gasteiger partial charge >= 0.3 is 6.09 Å². The molecule has 0 aromatic heterocycles. The van der Waals surface area contributed by atoms with E-state index in [1.807, 2.05) is 6.92 Å². The third-order valence-corrected chi connectivity index (χ3v) is 6.48. The Bertz CT molecular complexity index is 913. The van der Waals surface area contributed by atoms with E-state index in [2.05, 4.69) is 21.2 Å². The van der Waals surface area contributed by atoms with Crippen LogP contribution in [0.2, 0.25) is 0 Å². The highest BCUT2D eigenvalue weighted by molar-refractivity contribution is 9.10. The molecule has 1 amide bonds. The molecule has 2 aromatic carbocycles. The highest BCUT2D eigenvalue weighted by Gasteiger charge is 2.33. The van der Waals surface area contributed by atoms with E-state index in [4.69, 9.17) is 5.11 Å². The number of carboxylic acid groups (broad SMARTS) is 1. The molecule has 132 valence electrons. The summed E-state index contributed by atoms with van der Waals surface area (Å²) in [6.07, 6.45) is -0.764. The average Bonchev–Trinajstić information content (AvgIpc) is 2.54. The number of amides is 1. The van der Waals surface area contributed by atoms with Crippen LogP contribution in [0.5, 0.6) is 0 Å². The number of sulfonamides is 1. The first-order chi connectivity index (χ1) is 11.8. The van der Waals surface area contributed by atoms with Gasteiger partial charge in [0.1, 0.15) is 0 Å². The van der Waals surface area contributed by atoms with Crippen LogP contribution in [0.1, 0.15) is 23.6 Å². The number of aryl methyl sites for hydroxylation is 1. The maximum atomic E-state index is 13.1. The largest absolute Gasteiger partial charge is 0.465 e. The molecule has 2 aromatic rings. The Hall–Kier alpha value is -2.06. The molecule has 0 bridgehead atoms. The van der Waals surface area contributed by atoms with Gasteiger partial charge in [-0.25, -0.2) is 13.2 Å².